The van der Waals surface area contributed by atoms with Crippen molar-refractivity contribution in [2.75, 3.05) is 0 Å². The Morgan fingerprint density at radius 3 is 2.15 bits per heavy atom. The molecule has 1 aromatic carbocycles. The molecule has 0 unspecified atom stereocenters. The van der Waals surface area contributed by atoms with E-state index in [0.717, 1.165) is 0 Å². The van der Waals surface area contributed by atoms with Crippen LogP contribution in [0, 0.1) is 0 Å². The van der Waals surface area contributed by atoms with Gasteiger partial charge in [0.15, 0.2) is 0 Å². The van der Waals surface area contributed by atoms with E-state index in [2.05, 4.69) is 31.9 Å². The van der Waals surface area contributed by atoms with E-state index in [1.807, 2.05) is 0 Å². The van der Waals surface area contributed by atoms with Gasteiger partial charge in [-0.15, -0.1) is 0 Å². The molecule has 0 saturated carbocycles. The maximum Gasteiger partial charge on any atom is 1.00 e. The van der Waals surface area contributed by atoms with Gasteiger partial charge in [-0.1, -0.05) is 15.9 Å². The van der Waals surface area contributed by atoms with E-state index in [-0.39, 0.29) is 36.7 Å². The van der Waals surface area contributed by atoms with Crippen LogP contribution in [0.2, 0.25) is 0 Å². The molecule has 68 valence electrons. The van der Waals surface area contributed by atoms with Gasteiger partial charge in [0.05, 0.1) is 4.90 Å². The third-order valence-electron chi connectivity index (χ3n) is 1.16. The van der Waals surface area contributed by atoms with Crippen LogP contribution in [0.5, 0.6) is 0 Å². The van der Waals surface area contributed by atoms with Gasteiger partial charge in [-0.05, 0) is 34.1 Å². The van der Waals surface area contributed by atoms with Gasteiger partial charge in [0.2, 0.25) is 0 Å². The third-order valence-corrected chi connectivity index (χ3v) is 3.49. The summed E-state index contributed by atoms with van der Waals surface area (Å²) in [6.07, 6.45) is 0. The average Bonchev–Trinajstić information content (AvgIpc) is 1.92. The van der Waals surface area contributed by atoms with Gasteiger partial charge in [0.25, 0.3) is 0 Å². The molecule has 7 heteroatoms. The summed E-state index contributed by atoms with van der Waals surface area (Å²) in [7, 11) is -4.38. The average molecular weight is 519 g/mol. The van der Waals surface area contributed by atoms with Crippen LogP contribution in [0.4, 0.5) is 0 Å². The molecular weight excluding hydrogens is 516 g/mol. The van der Waals surface area contributed by atoms with Crippen LogP contribution in [-0.2, 0) is 10.1 Å². The molecule has 0 aromatic heterocycles. The first-order valence-corrected chi connectivity index (χ1v) is 5.81. The second-order valence-corrected chi connectivity index (χ2v) is 5.15. The third kappa shape index (κ3) is 3.94. The Morgan fingerprint density at radius 2 is 1.77 bits per heavy atom. The van der Waals surface area contributed by atoms with E-state index in [9.17, 15) is 13.0 Å². The van der Waals surface area contributed by atoms with Crippen molar-refractivity contribution in [1.29, 1.82) is 0 Å². The van der Waals surface area contributed by atoms with Crippen molar-refractivity contribution in [3.8, 4) is 0 Å². The Bertz CT molecular complexity index is 404. The van der Waals surface area contributed by atoms with Crippen LogP contribution in [-0.4, -0.2) is 40.3 Å². The van der Waals surface area contributed by atoms with Crippen LogP contribution in [0.1, 0.15) is 0 Å². The maximum absolute atomic E-state index is 10.6. The fraction of sp³-hybridized carbons (Fsp3) is 0. The van der Waals surface area contributed by atoms with E-state index < -0.39 is 10.1 Å². The van der Waals surface area contributed by atoms with Crippen LogP contribution in [0.15, 0.2) is 32.0 Å². The molecule has 0 aliphatic heterocycles. The standard InChI is InChI=1S/C6H4Br2O3S.Tl/c7-4-1-2-5(8)6(3-4)12(9,10)11;/h1-3H,(H,9,10,11);/q;+1/p-1. The summed E-state index contributed by atoms with van der Waals surface area (Å²) >= 11 is 6.03. The summed E-state index contributed by atoms with van der Waals surface area (Å²) < 4.78 is 32.6. The predicted molar refractivity (Wildman–Crippen MR) is 55.6 cm³/mol. The van der Waals surface area contributed by atoms with Gasteiger partial charge in [-0.25, -0.2) is 8.42 Å². The SMILES string of the molecule is O=S(=O)([O-])c1cc(Br)ccc1Br.[Tl+]. The number of rotatable bonds is 1. The molecule has 0 aliphatic rings. The minimum absolute atomic E-state index is 0. The number of halogens is 2. The molecule has 0 saturated heterocycles. The predicted octanol–water partition coefficient (Wildman–Crippen LogP) is 1.73. The fourth-order valence-corrected chi connectivity index (χ4v) is 2.60. The fourth-order valence-electron chi connectivity index (χ4n) is 0.669. The van der Waals surface area contributed by atoms with E-state index in [0.29, 0.717) is 4.47 Å². The van der Waals surface area contributed by atoms with Crippen molar-refractivity contribution in [2.45, 2.75) is 4.90 Å². The minimum Gasteiger partial charge on any atom is -0.744 e. The van der Waals surface area contributed by atoms with Crippen molar-refractivity contribution in [3.05, 3.63) is 27.1 Å². The van der Waals surface area contributed by atoms with Crippen LogP contribution in [0.25, 0.3) is 0 Å². The Kier molecular flexibility index (Phi) is 5.60. The molecule has 0 radical (unpaired) electrons. The molecule has 13 heavy (non-hydrogen) atoms. The Hall–Kier alpha value is 1.01. The monoisotopic (exact) mass is 518 g/mol. The molecule has 0 amide bonds. The van der Waals surface area contributed by atoms with E-state index in [1.165, 1.54) is 12.1 Å². The second kappa shape index (κ2) is 5.19. The molecule has 1 aromatic rings. The topological polar surface area (TPSA) is 57.2 Å². The van der Waals surface area contributed by atoms with Crippen LogP contribution < -0.4 is 0 Å². The summed E-state index contributed by atoms with van der Waals surface area (Å²) in [4.78, 5) is -0.253. The molecule has 0 N–H and O–H groups in total. The molecule has 0 heterocycles. The number of hydrogen-bond acceptors (Lipinski definition) is 3. The van der Waals surface area contributed by atoms with E-state index in [4.69, 9.17) is 0 Å². The molecule has 0 bridgehead atoms. The molecule has 3 nitrogen and oxygen atoms in total. The zero-order chi connectivity index (χ0) is 9.35. The Balaban J connectivity index is 0.00000144. The summed E-state index contributed by atoms with van der Waals surface area (Å²) in [5, 5.41) is 0. The zero-order valence-electron chi connectivity index (χ0n) is 6.20. The van der Waals surface area contributed by atoms with Crippen molar-refractivity contribution in [1.82, 2.24) is 0 Å². The Morgan fingerprint density at radius 1 is 1.23 bits per heavy atom. The number of hydrogen-bond donors (Lipinski definition) is 0. The maximum atomic E-state index is 10.6. The van der Waals surface area contributed by atoms with E-state index >= 15 is 0 Å². The minimum atomic E-state index is -4.38. The zero-order valence-corrected chi connectivity index (χ0v) is 14.7. The quantitative estimate of drug-likeness (QED) is 0.420. The molecule has 0 aliphatic carbocycles. The van der Waals surface area contributed by atoms with Gasteiger partial charge in [0, 0.05) is 8.95 Å². The van der Waals surface area contributed by atoms with Crippen molar-refractivity contribution in [3.63, 3.8) is 0 Å². The molecule has 1 rings (SSSR count). The van der Waals surface area contributed by atoms with Gasteiger partial charge in [-0.3, -0.25) is 0 Å². The molecule has 0 fully saturated rings. The van der Waals surface area contributed by atoms with Gasteiger partial charge in [-0.2, -0.15) is 0 Å². The summed E-state index contributed by atoms with van der Waals surface area (Å²) in [6.45, 7) is 0. The largest absolute Gasteiger partial charge is 1.00 e. The van der Waals surface area contributed by atoms with Gasteiger partial charge in [0.1, 0.15) is 10.1 Å². The smallest absolute Gasteiger partial charge is 0.744 e. The molecule has 0 spiro atoms. The summed E-state index contributed by atoms with van der Waals surface area (Å²) in [5.41, 5.74) is 0. The number of benzene rings is 1. The van der Waals surface area contributed by atoms with Crippen molar-refractivity contribution < 1.29 is 13.0 Å². The first-order chi connectivity index (χ1) is 5.41. The molecular formula is C6H3Br2O3STl. The van der Waals surface area contributed by atoms with E-state index in [1.54, 1.807) is 6.07 Å². The first-order valence-electron chi connectivity index (χ1n) is 2.82. The van der Waals surface area contributed by atoms with Gasteiger partial charge < -0.3 is 4.55 Å². The second-order valence-electron chi connectivity index (χ2n) is 2.03. The normalized spacial score (nSPS) is 10.7. The van der Waals surface area contributed by atoms with Crippen LogP contribution in [0.3, 0.4) is 0 Å². The van der Waals surface area contributed by atoms with Gasteiger partial charge >= 0.3 is 27.3 Å². The van der Waals surface area contributed by atoms with Crippen molar-refractivity contribution in [2.24, 2.45) is 0 Å². The Labute approximate surface area is 113 Å². The summed E-state index contributed by atoms with van der Waals surface area (Å²) in [6, 6.07) is 4.39. The summed E-state index contributed by atoms with van der Waals surface area (Å²) in [5.74, 6) is 0. The van der Waals surface area contributed by atoms with Crippen LogP contribution >= 0.6 is 31.9 Å². The first kappa shape index (κ1) is 14.0. The molecule has 0 atom stereocenters. The van der Waals surface area contributed by atoms with Crippen molar-refractivity contribution >= 4 is 69.3 Å².